The molecular formula is C21H26N4O3. The minimum absolute atomic E-state index is 0.0767. The molecule has 1 heterocycles. The molecule has 0 spiro atoms. The average molecular weight is 382 g/mol. The molecule has 2 aromatic rings. The molecule has 0 aliphatic carbocycles. The second-order valence-corrected chi connectivity index (χ2v) is 7.15. The maximum Gasteiger partial charge on any atom is 0.251 e. The summed E-state index contributed by atoms with van der Waals surface area (Å²) in [6.45, 7) is 2.04. The SMILES string of the molecule is NC(=O)CN1CCC(NC(=O)CCNC(=O)c2ccc3ccccc3c2)CC1. The van der Waals surface area contributed by atoms with Crippen LogP contribution in [0.1, 0.15) is 29.6 Å². The summed E-state index contributed by atoms with van der Waals surface area (Å²) in [5.41, 5.74) is 5.79. The van der Waals surface area contributed by atoms with Gasteiger partial charge in [0.15, 0.2) is 0 Å². The third-order valence-corrected chi connectivity index (χ3v) is 4.98. The fourth-order valence-corrected chi connectivity index (χ4v) is 3.48. The van der Waals surface area contributed by atoms with Gasteiger partial charge in [0, 0.05) is 37.7 Å². The van der Waals surface area contributed by atoms with Crippen molar-refractivity contribution >= 4 is 28.5 Å². The van der Waals surface area contributed by atoms with E-state index in [1.165, 1.54) is 0 Å². The third-order valence-electron chi connectivity index (χ3n) is 4.98. The van der Waals surface area contributed by atoms with Crippen molar-refractivity contribution in [1.29, 1.82) is 0 Å². The van der Waals surface area contributed by atoms with Crippen molar-refractivity contribution in [3.05, 3.63) is 48.0 Å². The Morgan fingerprint density at radius 1 is 1.04 bits per heavy atom. The molecule has 4 N–H and O–H groups in total. The number of carbonyl (C=O) groups excluding carboxylic acids is 3. The van der Waals surface area contributed by atoms with Crippen LogP contribution in [0.25, 0.3) is 10.8 Å². The van der Waals surface area contributed by atoms with Crippen LogP contribution in [0.3, 0.4) is 0 Å². The Balaban J connectivity index is 1.39. The molecule has 1 fully saturated rings. The van der Waals surface area contributed by atoms with E-state index in [1.807, 2.05) is 41.3 Å². The predicted molar refractivity (Wildman–Crippen MR) is 108 cm³/mol. The predicted octanol–water partition coefficient (Wildman–Crippen LogP) is 1.03. The van der Waals surface area contributed by atoms with Crippen molar-refractivity contribution in [2.45, 2.75) is 25.3 Å². The van der Waals surface area contributed by atoms with Crippen LogP contribution in [0, 0.1) is 0 Å². The smallest absolute Gasteiger partial charge is 0.251 e. The highest BCUT2D eigenvalue weighted by molar-refractivity contribution is 5.98. The van der Waals surface area contributed by atoms with Crippen molar-refractivity contribution < 1.29 is 14.4 Å². The first-order valence-electron chi connectivity index (χ1n) is 9.58. The fraction of sp³-hybridized carbons (Fsp3) is 0.381. The van der Waals surface area contributed by atoms with E-state index in [9.17, 15) is 14.4 Å². The minimum Gasteiger partial charge on any atom is -0.369 e. The van der Waals surface area contributed by atoms with E-state index in [0.29, 0.717) is 5.56 Å². The van der Waals surface area contributed by atoms with Crippen LogP contribution in [-0.4, -0.2) is 54.8 Å². The highest BCUT2D eigenvalue weighted by Crippen LogP contribution is 2.15. The first-order valence-corrected chi connectivity index (χ1v) is 9.58. The molecule has 1 saturated heterocycles. The van der Waals surface area contributed by atoms with Gasteiger partial charge in [-0.3, -0.25) is 19.3 Å². The van der Waals surface area contributed by atoms with E-state index >= 15 is 0 Å². The lowest BCUT2D eigenvalue weighted by molar-refractivity contribution is -0.123. The Morgan fingerprint density at radius 2 is 1.75 bits per heavy atom. The number of carbonyl (C=O) groups is 3. The second kappa shape index (κ2) is 9.32. The number of nitrogens with zero attached hydrogens (tertiary/aromatic N) is 1. The normalized spacial score (nSPS) is 15.3. The van der Waals surface area contributed by atoms with Gasteiger partial charge in [-0.25, -0.2) is 0 Å². The topological polar surface area (TPSA) is 105 Å². The number of hydrogen-bond acceptors (Lipinski definition) is 4. The van der Waals surface area contributed by atoms with Crippen LogP contribution in [-0.2, 0) is 9.59 Å². The van der Waals surface area contributed by atoms with Crippen LogP contribution in [0.2, 0.25) is 0 Å². The van der Waals surface area contributed by atoms with Gasteiger partial charge in [-0.05, 0) is 35.7 Å². The number of primary amides is 1. The van der Waals surface area contributed by atoms with E-state index < -0.39 is 0 Å². The molecule has 1 aliphatic rings. The average Bonchev–Trinajstić information content (AvgIpc) is 2.68. The summed E-state index contributed by atoms with van der Waals surface area (Å²) in [4.78, 5) is 37.3. The Bertz CT molecular complexity index is 860. The number of rotatable bonds is 7. The molecule has 0 unspecified atom stereocenters. The van der Waals surface area contributed by atoms with E-state index in [-0.39, 0.29) is 43.3 Å². The zero-order valence-electron chi connectivity index (χ0n) is 15.8. The number of hydrogen-bond donors (Lipinski definition) is 3. The van der Waals surface area contributed by atoms with Crippen LogP contribution >= 0.6 is 0 Å². The van der Waals surface area contributed by atoms with Gasteiger partial charge in [-0.1, -0.05) is 30.3 Å². The summed E-state index contributed by atoms with van der Waals surface area (Å²) in [5.74, 6) is -0.588. The molecular weight excluding hydrogens is 356 g/mol. The monoisotopic (exact) mass is 382 g/mol. The molecule has 148 valence electrons. The van der Waals surface area contributed by atoms with E-state index in [4.69, 9.17) is 5.73 Å². The molecule has 0 radical (unpaired) electrons. The summed E-state index contributed by atoms with van der Waals surface area (Å²) in [6.07, 6.45) is 1.83. The molecule has 0 atom stereocenters. The molecule has 2 aromatic carbocycles. The van der Waals surface area contributed by atoms with Crippen molar-refractivity contribution in [3.63, 3.8) is 0 Å². The van der Waals surface area contributed by atoms with Gasteiger partial charge in [-0.2, -0.15) is 0 Å². The quantitative estimate of drug-likeness (QED) is 0.665. The van der Waals surface area contributed by atoms with Crippen LogP contribution < -0.4 is 16.4 Å². The van der Waals surface area contributed by atoms with Gasteiger partial charge in [0.25, 0.3) is 5.91 Å². The molecule has 28 heavy (non-hydrogen) atoms. The fourth-order valence-electron chi connectivity index (χ4n) is 3.48. The molecule has 7 heteroatoms. The van der Waals surface area contributed by atoms with Gasteiger partial charge in [0.05, 0.1) is 6.54 Å². The molecule has 3 amide bonds. The number of nitrogens with one attached hydrogen (secondary N) is 2. The molecule has 7 nitrogen and oxygen atoms in total. The Labute approximate surface area is 164 Å². The maximum absolute atomic E-state index is 12.3. The van der Waals surface area contributed by atoms with Gasteiger partial charge in [0.1, 0.15) is 0 Å². The lowest BCUT2D eigenvalue weighted by Crippen LogP contribution is -2.47. The highest BCUT2D eigenvalue weighted by atomic mass is 16.2. The standard InChI is InChI=1S/C21H26N4O3/c22-19(26)14-25-11-8-18(9-12-25)24-20(27)7-10-23-21(28)17-6-5-15-3-1-2-4-16(15)13-17/h1-6,13,18H,7-12,14H2,(H2,22,26)(H,23,28)(H,24,27). The number of benzene rings is 2. The summed E-state index contributed by atoms with van der Waals surface area (Å²) >= 11 is 0. The molecule has 3 rings (SSSR count). The molecule has 0 bridgehead atoms. The van der Waals surface area contributed by atoms with E-state index in [2.05, 4.69) is 10.6 Å². The molecule has 1 aliphatic heterocycles. The lowest BCUT2D eigenvalue weighted by atomic mass is 10.0. The van der Waals surface area contributed by atoms with Crippen molar-refractivity contribution in [2.24, 2.45) is 5.73 Å². The third kappa shape index (κ3) is 5.53. The Hall–Kier alpha value is -2.93. The van der Waals surface area contributed by atoms with Gasteiger partial charge >= 0.3 is 0 Å². The van der Waals surface area contributed by atoms with Crippen LogP contribution in [0.5, 0.6) is 0 Å². The minimum atomic E-state index is -0.329. The van der Waals surface area contributed by atoms with Crippen molar-refractivity contribution in [3.8, 4) is 0 Å². The lowest BCUT2D eigenvalue weighted by Gasteiger charge is -2.31. The number of likely N-dealkylation sites (tertiary alicyclic amines) is 1. The molecule has 0 saturated carbocycles. The van der Waals surface area contributed by atoms with Crippen LogP contribution in [0.15, 0.2) is 42.5 Å². The van der Waals surface area contributed by atoms with Crippen molar-refractivity contribution in [1.82, 2.24) is 15.5 Å². The van der Waals surface area contributed by atoms with Gasteiger partial charge < -0.3 is 16.4 Å². The number of fused-ring (bicyclic) bond motifs is 1. The largest absolute Gasteiger partial charge is 0.369 e. The van der Waals surface area contributed by atoms with Crippen LogP contribution in [0.4, 0.5) is 0 Å². The first kappa shape index (κ1) is 19.8. The molecule has 0 aromatic heterocycles. The van der Waals surface area contributed by atoms with E-state index in [1.54, 1.807) is 6.07 Å². The maximum atomic E-state index is 12.3. The van der Waals surface area contributed by atoms with Crippen molar-refractivity contribution in [2.75, 3.05) is 26.2 Å². The number of amides is 3. The van der Waals surface area contributed by atoms with Gasteiger partial charge in [0.2, 0.25) is 11.8 Å². The zero-order chi connectivity index (χ0) is 19.9. The summed E-state index contributed by atoms with van der Waals surface area (Å²) < 4.78 is 0. The summed E-state index contributed by atoms with van der Waals surface area (Å²) in [5, 5.41) is 7.89. The second-order valence-electron chi connectivity index (χ2n) is 7.15. The summed E-state index contributed by atoms with van der Waals surface area (Å²) in [6, 6.07) is 13.5. The zero-order valence-corrected chi connectivity index (χ0v) is 15.8. The number of piperidine rings is 1. The number of nitrogens with two attached hydrogens (primary N) is 1. The summed E-state index contributed by atoms with van der Waals surface area (Å²) in [7, 11) is 0. The highest BCUT2D eigenvalue weighted by Gasteiger charge is 2.21. The Morgan fingerprint density at radius 3 is 2.46 bits per heavy atom. The Kier molecular flexibility index (Phi) is 6.60. The first-order chi connectivity index (χ1) is 13.5. The van der Waals surface area contributed by atoms with E-state index in [0.717, 1.165) is 36.7 Å². The van der Waals surface area contributed by atoms with Gasteiger partial charge in [-0.15, -0.1) is 0 Å².